The van der Waals surface area contributed by atoms with Crippen molar-refractivity contribution in [3.63, 3.8) is 0 Å². The lowest BCUT2D eigenvalue weighted by Gasteiger charge is -2.15. The highest BCUT2D eigenvalue weighted by Gasteiger charge is 2.38. The lowest BCUT2D eigenvalue weighted by atomic mass is 9.94. The first-order chi connectivity index (χ1) is 13.5. The molecule has 0 unspecified atom stereocenters. The van der Waals surface area contributed by atoms with Crippen molar-refractivity contribution in [1.29, 1.82) is 0 Å². The molecule has 28 heavy (non-hydrogen) atoms. The molecule has 0 atom stereocenters. The predicted molar refractivity (Wildman–Crippen MR) is 101 cm³/mol. The Morgan fingerprint density at radius 1 is 1.11 bits per heavy atom. The Morgan fingerprint density at radius 3 is 2.36 bits per heavy atom. The Bertz CT molecular complexity index is 1000. The van der Waals surface area contributed by atoms with Crippen LogP contribution in [-0.4, -0.2) is 35.9 Å². The molecular weight excluding hydrogens is 386 g/mol. The zero-order valence-corrected chi connectivity index (χ0v) is 16.0. The number of halogens is 1. The van der Waals surface area contributed by atoms with Gasteiger partial charge in [-0.1, -0.05) is 17.7 Å². The van der Waals surface area contributed by atoms with Gasteiger partial charge in [0, 0.05) is 21.5 Å². The smallest absolute Gasteiger partial charge is 0.324 e. The van der Waals surface area contributed by atoms with Gasteiger partial charge in [0.15, 0.2) is 11.7 Å². The Hall–Kier alpha value is -3.06. The molecule has 0 radical (unpaired) electrons. The van der Waals surface area contributed by atoms with Crippen LogP contribution in [0, 0.1) is 0 Å². The quantitative estimate of drug-likeness (QED) is 0.365. The van der Waals surface area contributed by atoms with Gasteiger partial charge in [0.05, 0.1) is 25.2 Å². The first kappa shape index (κ1) is 19.7. The molecule has 146 valence electrons. The van der Waals surface area contributed by atoms with Crippen LogP contribution in [0.3, 0.4) is 0 Å². The second kappa shape index (κ2) is 8.31. The molecule has 0 aliphatic rings. The summed E-state index contributed by atoms with van der Waals surface area (Å²) >= 11 is 6.06. The molecule has 0 saturated heterocycles. The molecule has 7 nitrogen and oxygen atoms in total. The minimum atomic E-state index is -1.43. The highest BCUT2D eigenvalue weighted by atomic mass is 35.5. The van der Waals surface area contributed by atoms with Gasteiger partial charge in [-0.2, -0.15) is 0 Å². The van der Waals surface area contributed by atoms with Crippen molar-refractivity contribution >= 4 is 40.2 Å². The maximum atomic E-state index is 13.0. The van der Waals surface area contributed by atoms with Crippen molar-refractivity contribution in [3.05, 3.63) is 58.6 Å². The van der Waals surface area contributed by atoms with Crippen LogP contribution in [0.25, 0.3) is 10.9 Å². The van der Waals surface area contributed by atoms with Gasteiger partial charge in [-0.25, -0.2) is 0 Å². The molecule has 2 aromatic heterocycles. The van der Waals surface area contributed by atoms with Crippen LogP contribution in [-0.2, 0) is 19.1 Å². The number of H-pyrrole nitrogens is 1. The molecule has 3 rings (SSSR count). The van der Waals surface area contributed by atoms with E-state index in [-0.39, 0.29) is 30.2 Å². The number of esters is 2. The van der Waals surface area contributed by atoms with Crippen LogP contribution in [0.15, 0.2) is 41.0 Å². The normalized spacial score (nSPS) is 11.0. The van der Waals surface area contributed by atoms with Crippen LogP contribution in [0.2, 0.25) is 5.02 Å². The number of furan rings is 1. The van der Waals surface area contributed by atoms with Crippen molar-refractivity contribution in [3.8, 4) is 0 Å². The number of nitrogens with one attached hydrogen (secondary N) is 1. The van der Waals surface area contributed by atoms with E-state index < -0.39 is 23.6 Å². The molecule has 8 heteroatoms. The average Bonchev–Trinajstić information content (AvgIpc) is 3.30. The van der Waals surface area contributed by atoms with E-state index in [1.54, 1.807) is 38.1 Å². The summed E-state index contributed by atoms with van der Waals surface area (Å²) in [4.78, 5) is 41.2. The average molecular weight is 404 g/mol. The van der Waals surface area contributed by atoms with Gasteiger partial charge in [0.25, 0.3) is 0 Å². The Morgan fingerprint density at radius 2 is 1.79 bits per heavy atom. The van der Waals surface area contributed by atoms with Crippen LogP contribution >= 0.6 is 11.6 Å². The molecule has 0 aliphatic heterocycles. The van der Waals surface area contributed by atoms with E-state index in [0.29, 0.717) is 15.9 Å². The third kappa shape index (κ3) is 3.66. The fourth-order valence-corrected chi connectivity index (χ4v) is 3.16. The van der Waals surface area contributed by atoms with Crippen molar-refractivity contribution in [1.82, 2.24) is 4.98 Å². The third-order valence-electron chi connectivity index (χ3n) is 4.11. The molecule has 3 aromatic rings. The number of ketones is 1. The number of aromatic amines is 1. The molecule has 0 bridgehead atoms. The highest BCUT2D eigenvalue weighted by molar-refractivity contribution is 6.31. The zero-order valence-electron chi connectivity index (χ0n) is 15.3. The number of hydrogen-bond acceptors (Lipinski definition) is 6. The van der Waals surface area contributed by atoms with Crippen molar-refractivity contribution in [2.24, 2.45) is 0 Å². The Balaban J connectivity index is 2.25. The second-order valence-electron chi connectivity index (χ2n) is 5.85. The van der Waals surface area contributed by atoms with Gasteiger partial charge in [0.1, 0.15) is 0 Å². The van der Waals surface area contributed by atoms with Gasteiger partial charge in [-0.05, 0) is 38.1 Å². The van der Waals surface area contributed by atoms with Gasteiger partial charge >= 0.3 is 11.9 Å². The topological polar surface area (TPSA) is 98.6 Å². The Labute approximate surface area is 165 Å². The fraction of sp³-hybridized carbons (Fsp3) is 0.250. The van der Waals surface area contributed by atoms with E-state index in [1.165, 1.54) is 12.3 Å². The van der Waals surface area contributed by atoms with Crippen molar-refractivity contribution in [2.75, 3.05) is 13.2 Å². The first-order valence-electron chi connectivity index (χ1n) is 8.70. The summed E-state index contributed by atoms with van der Waals surface area (Å²) in [5.74, 6) is -3.48. The van der Waals surface area contributed by atoms with Gasteiger partial charge in [-0.15, -0.1) is 0 Å². The molecule has 0 saturated carbocycles. The van der Waals surface area contributed by atoms with E-state index in [0.717, 1.165) is 0 Å². The maximum Gasteiger partial charge on any atom is 0.324 e. The highest BCUT2D eigenvalue weighted by Crippen LogP contribution is 2.34. The predicted octanol–water partition coefficient (Wildman–Crippen LogP) is 3.86. The number of rotatable bonds is 7. The number of fused-ring (bicyclic) bond motifs is 1. The largest absolute Gasteiger partial charge is 0.465 e. The Kier molecular flexibility index (Phi) is 5.84. The van der Waals surface area contributed by atoms with Gasteiger partial charge in [-0.3, -0.25) is 14.4 Å². The molecule has 1 N–H and O–H groups in total. The van der Waals surface area contributed by atoms with Crippen LogP contribution in [0.4, 0.5) is 0 Å². The van der Waals surface area contributed by atoms with E-state index >= 15 is 0 Å². The minimum Gasteiger partial charge on any atom is -0.465 e. The fourth-order valence-electron chi connectivity index (χ4n) is 2.98. The summed E-state index contributed by atoms with van der Waals surface area (Å²) in [5.41, 5.74) is 0.708. The minimum absolute atomic E-state index is 0.0401. The molecule has 0 spiro atoms. The summed E-state index contributed by atoms with van der Waals surface area (Å²) < 4.78 is 15.4. The molecule has 0 amide bonds. The zero-order chi connectivity index (χ0) is 20.3. The number of hydrogen-bond donors (Lipinski definition) is 1. The third-order valence-corrected chi connectivity index (χ3v) is 4.34. The number of carbonyl (C=O) groups excluding carboxylic acids is 3. The van der Waals surface area contributed by atoms with Crippen molar-refractivity contribution in [2.45, 2.75) is 19.8 Å². The van der Waals surface area contributed by atoms with E-state index in [9.17, 15) is 14.4 Å². The lowest BCUT2D eigenvalue weighted by molar-refractivity contribution is -0.156. The van der Waals surface area contributed by atoms with Crippen LogP contribution in [0.5, 0.6) is 0 Å². The van der Waals surface area contributed by atoms with Gasteiger partial charge in [0.2, 0.25) is 5.78 Å². The van der Waals surface area contributed by atoms with E-state index in [1.807, 2.05) is 0 Å². The number of carbonyl (C=O) groups is 3. The number of ether oxygens (including phenoxy) is 2. The maximum absolute atomic E-state index is 13.0. The van der Waals surface area contributed by atoms with Crippen molar-refractivity contribution < 1.29 is 28.3 Å². The lowest BCUT2D eigenvalue weighted by Crippen LogP contribution is -2.27. The summed E-state index contributed by atoms with van der Waals surface area (Å²) in [7, 11) is 0. The molecule has 2 heterocycles. The number of benzene rings is 1. The summed E-state index contributed by atoms with van der Waals surface area (Å²) in [6.45, 7) is 3.41. The van der Waals surface area contributed by atoms with Gasteiger partial charge < -0.3 is 18.9 Å². The second-order valence-corrected chi connectivity index (χ2v) is 6.28. The summed E-state index contributed by atoms with van der Waals surface area (Å²) in [6.07, 6.45) is 1.36. The number of aromatic nitrogens is 1. The standard InChI is InChI=1S/C20H18ClNO6/c1-3-26-19(24)16(20(25)27-4-2)15-12-8-7-11(21)10-13(12)22-17(15)18(23)14-6-5-9-28-14/h5-10,16,22H,3-4H2,1-2H3. The summed E-state index contributed by atoms with van der Waals surface area (Å²) in [5, 5.41) is 0.923. The molecule has 0 fully saturated rings. The molecule has 1 aromatic carbocycles. The summed E-state index contributed by atoms with van der Waals surface area (Å²) in [6, 6.07) is 7.91. The van der Waals surface area contributed by atoms with E-state index in [2.05, 4.69) is 4.98 Å². The molecular formula is C20H18ClNO6. The van der Waals surface area contributed by atoms with Crippen LogP contribution in [0.1, 0.15) is 41.6 Å². The SMILES string of the molecule is CCOC(=O)C(C(=O)OCC)c1c(C(=O)c2ccco2)[nH]c2cc(Cl)ccc12. The van der Waals surface area contributed by atoms with Crippen LogP contribution < -0.4 is 0 Å². The molecule has 0 aliphatic carbocycles. The van der Waals surface area contributed by atoms with E-state index in [4.69, 9.17) is 25.5 Å². The first-order valence-corrected chi connectivity index (χ1v) is 9.08. The monoisotopic (exact) mass is 403 g/mol.